The SMILES string of the molecule is CNC1CCCc2nc(-c3cccc(C)c3F)sc21. The standard InChI is InChI=1S/C15H17FN2S/c1-9-5-3-6-10(13(9)16)15-18-12-8-4-7-11(17-2)14(12)19-15/h3,5-6,11,17H,4,7-8H2,1-2H3. The molecule has 0 fully saturated rings. The first-order valence-electron chi connectivity index (χ1n) is 6.63. The normalized spacial score (nSPS) is 18.4. The number of fused-ring (bicyclic) bond motifs is 1. The highest BCUT2D eigenvalue weighted by molar-refractivity contribution is 7.15. The molecule has 0 bridgehead atoms. The Morgan fingerprint density at radius 2 is 2.26 bits per heavy atom. The fraction of sp³-hybridized carbons (Fsp3) is 0.400. The highest BCUT2D eigenvalue weighted by atomic mass is 32.1. The maximum Gasteiger partial charge on any atom is 0.136 e. The zero-order valence-electron chi connectivity index (χ0n) is 11.2. The number of nitrogens with zero attached hydrogens (tertiary/aromatic N) is 1. The predicted molar refractivity (Wildman–Crippen MR) is 77.0 cm³/mol. The number of benzene rings is 1. The van der Waals surface area contributed by atoms with Gasteiger partial charge in [0.25, 0.3) is 0 Å². The van der Waals surface area contributed by atoms with Gasteiger partial charge in [0.2, 0.25) is 0 Å². The number of aromatic nitrogens is 1. The van der Waals surface area contributed by atoms with Crippen LogP contribution in [0.15, 0.2) is 18.2 Å². The average molecular weight is 276 g/mol. The third-order valence-electron chi connectivity index (χ3n) is 3.72. The van der Waals surface area contributed by atoms with Crippen molar-refractivity contribution in [2.45, 2.75) is 32.2 Å². The molecule has 1 atom stereocenters. The monoisotopic (exact) mass is 276 g/mol. The van der Waals surface area contributed by atoms with Crippen LogP contribution in [0.4, 0.5) is 4.39 Å². The summed E-state index contributed by atoms with van der Waals surface area (Å²) in [6.07, 6.45) is 3.30. The van der Waals surface area contributed by atoms with Crippen LogP contribution >= 0.6 is 11.3 Å². The van der Waals surface area contributed by atoms with Gasteiger partial charge in [-0.1, -0.05) is 12.1 Å². The van der Waals surface area contributed by atoms with Gasteiger partial charge in [0.1, 0.15) is 10.8 Å². The molecule has 3 rings (SSSR count). The van der Waals surface area contributed by atoms with Crippen molar-refractivity contribution in [3.63, 3.8) is 0 Å². The Bertz CT molecular complexity index is 606. The molecule has 1 heterocycles. The molecule has 1 aromatic carbocycles. The maximum atomic E-state index is 14.2. The highest BCUT2D eigenvalue weighted by Crippen LogP contribution is 2.38. The lowest BCUT2D eigenvalue weighted by atomic mass is 9.98. The first kappa shape index (κ1) is 12.8. The number of nitrogens with one attached hydrogen (secondary N) is 1. The summed E-state index contributed by atoms with van der Waals surface area (Å²) in [6.45, 7) is 1.79. The number of aryl methyl sites for hydroxylation is 2. The Balaban J connectivity index is 2.07. The van der Waals surface area contributed by atoms with Crippen molar-refractivity contribution in [3.8, 4) is 10.6 Å². The summed E-state index contributed by atoms with van der Waals surface area (Å²) < 4.78 is 14.2. The van der Waals surface area contributed by atoms with Crippen molar-refractivity contribution in [1.29, 1.82) is 0 Å². The van der Waals surface area contributed by atoms with Gasteiger partial charge >= 0.3 is 0 Å². The minimum atomic E-state index is -0.144. The summed E-state index contributed by atoms with van der Waals surface area (Å²) in [7, 11) is 1.98. The molecule has 1 aliphatic carbocycles. The summed E-state index contributed by atoms with van der Waals surface area (Å²) in [5, 5.41) is 4.14. The Morgan fingerprint density at radius 3 is 3.05 bits per heavy atom. The third kappa shape index (κ3) is 2.19. The molecule has 1 N–H and O–H groups in total. The largest absolute Gasteiger partial charge is 0.312 e. The first-order chi connectivity index (χ1) is 9.20. The first-order valence-corrected chi connectivity index (χ1v) is 7.44. The summed E-state index contributed by atoms with van der Waals surface area (Å²) >= 11 is 1.63. The van der Waals surface area contributed by atoms with Gasteiger partial charge in [0.05, 0.1) is 5.69 Å². The van der Waals surface area contributed by atoms with Gasteiger partial charge < -0.3 is 5.32 Å². The quantitative estimate of drug-likeness (QED) is 0.901. The van der Waals surface area contributed by atoms with Crippen molar-refractivity contribution in [3.05, 3.63) is 40.2 Å². The molecule has 2 nitrogen and oxygen atoms in total. The van der Waals surface area contributed by atoms with Crippen molar-refractivity contribution in [2.75, 3.05) is 7.05 Å². The van der Waals surface area contributed by atoms with Crippen molar-refractivity contribution >= 4 is 11.3 Å². The predicted octanol–water partition coefficient (Wildman–Crippen LogP) is 3.85. The molecule has 2 aromatic rings. The zero-order valence-corrected chi connectivity index (χ0v) is 12.0. The van der Waals surface area contributed by atoms with E-state index in [0.717, 1.165) is 30.0 Å². The van der Waals surface area contributed by atoms with E-state index in [1.807, 2.05) is 19.2 Å². The summed E-state index contributed by atoms with van der Waals surface area (Å²) in [5.41, 5.74) is 2.46. The van der Waals surface area contributed by atoms with Crippen LogP contribution in [0.5, 0.6) is 0 Å². The Labute approximate surface area is 116 Å². The Kier molecular flexibility index (Phi) is 3.37. The van der Waals surface area contributed by atoms with Gasteiger partial charge in [-0.15, -0.1) is 11.3 Å². The fourth-order valence-electron chi connectivity index (χ4n) is 2.62. The van der Waals surface area contributed by atoms with E-state index in [1.54, 1.807) is 24.3 Å². The number of hydrogen-bond acceptors (Lipinski definition) is 3. The van der Waals surface area contributed by atoms with E-state index in [2.05, 4.69) is 10.3 Å². The molecule has 0 spiro atoms. The van der Waals surface area contributed by atoms with E-state index in [1.165, 1.54) is 4.88 Å². The van der Waals surface area contributed by atoms with Gasteiger partial charge in [-0.2, -0.15) is 0 Å². The minimum absolute atomic E-state index is 0.144. The second-order valence-electron chi connectivity index (χ2n) is 5.00. The lowest BCUT2D eigenvalue weighted by Crippen LogP contribution is -2.19. The molecule has 1 unspecified atom stereocenters. The van der Waals surface area contributed by atoms with Crippen molar-refractivity contribution < 1.29 is 4.39 Å². The van der Waals surface area contributed by atoms with E-state index >= 15 is 0 Å². The molecular formula is C15H17FN2S. The van der Waals surface area contributed by atoms with Gasteiger partial charge in [-0.3, -0.25) is 0 Å². The molecule has 1 aliphatic rings. The summed E-state index contributed by atoms with van der Waals surface area (Å²) in [5.74, 6) is -0.144. The summed E-state index contributed by atoms with van der Waals surface area (Å²) in [6, 6.07) is 5.89. The second kappa shape index (κ2) is 5.02. The highest BCUT2D eigenvalue weighted by Gasteiger charge is 2.24. The summed E-state index contributed by atoms with van der Waals surface area (Å²) in [4.78, 5) is 5.94. The van der Waals surface area contributed by atoms with Gasteiger partial charge in [0.15, 0.2) is 0 Å². The van der Waals surface area contributed by atoms with Crippen molar-refractivity contribution in [1.82, 2.24) is 10.3 Å². The molecular weight excluding hydrogens is 259 g/mol. The maximum absolute atomic E-state index is 14.2. The number of rotatable bonds is 2. The molecule has 0 amide bonds. The molecule has 100 valence electrons. The Morgan fingerprint density at radius 1 is 1.42 bits per heavy atom. The third-order valence-corrected chi connectivity index (χ3v) is 4.97. The molecule has 4 heteroatoms. The van der Waals surface area contributed by atoms with Crippen LogP contribution in [0, 0.1) is 12.7 Å². The topological polar surface area (TPSA) is 24.9 Å². The van der Waals surface area contributed by atoms with E-state index in [4.69, 9.17) is 0 Å². The second-order valence-corrected chi connectivity index (χ2v) is 6.03. The van der Waals surface area contributed by atoms with Gasteiger partial charge in [-0.25, -0.2) is 9.37 Å². The number of thiazole rings is 1. The molecule has 0 radical (unpaired) electrons. The van der Waals surface area contributed by atoms with Crippen molar-refractivity contribution in [2.24, 2.45) is 0 Å². The van der Waals surface area contributed by atoms with Crippen LogP contribution < -0.4 is 5.32 Å². The molecule has 0 saturated heterocycles. The lowest BCUT2D eigenvalue weighted by Gasteiger charge is -2.19. The molecule has 0 aliphatic heterocycles. The average Bonchev–Trinajstić information content (AvgIpc) is 2.85. The van der Waals surface area contributed by atoms with Gasteiger partial charge in [-0.05, 0) is 44.9 Å². The van der Waals surface area contributed by atoms with Crippen LogP contribution in [-0.2, 0) is 6.42 Å². The smallest absolute Gasteiger partial charge is 0.136 e. The van der Waals surface area contributed by atoms with Crippen LogP contribution in [0.1, 0.15) is 35.0 Å². The van der Waals surface area contributed by atoms with E-state index in [0.29, 0.717) is 17.2 Å². The van der Waals surface area contributed by atoms with Crippen LogP contribution in [0.2, 0.25) is 0 Å². The van der Waals surface area contributed by atoms with E-state index in [9.17, 15) is 4.39 Å². The molecule has 1 aromatic heterocycles. The van der Waals surface area contributed by atoms with E-state index in [-0.39, 0.29) is 5.82 Å². The lowest BCUT2D eigenvalue weighted by molar-refractivity contribution is 0.501. The van der Waals surface area contributed by atoms with Crippen LogP contribution in [0.3, 0.4) is 0 Å². The molecule has 19 heavy (non-hydrogen) atoms. The Hall–Kier alpha value is -1.26. The zero-order chi connectivity index (χ0) is 13.4. The fourth-order valence-corrected chi connectivity index (χ4v) is 3.90. The number of hydrogen-bond donors (Lipinski definition) is 1. The van der Waals surface area contributed by atoms with E-state index < -0.39 is 0 Å². The van der Waals surface area contributed by atoms with Crippen LogP contribution in [-0.4, -0.2) is 12.0 Å². The molecule has 0 saturated carbocycles. The minimum Gasteiger partial charge on any atom is -0.312 e. The number of halogens is 1. The van der Waals surface area contributed by atoms with Gasteiger partial charge in [0, 0.05) is 16.5 Å². The van der Waals surface area contributed by atoms with Crippen LogP contribution in [0.25, 0.3) is 10.6 Å².